The summed E-state index contributed by atoms with van der Waals surface area (Å²) in [6, 6.07) is 24.0. The van der Waals surface area contributed by atoms with Gasteiger partial charge in [0.25, 0.3) is 0 Å². The standard InChI is InChI=1S/C31H23N5O4/c1-17-9-8-10-18(15-17)36-26(30(38)40-3)24(29(37)39-2)31(21(16-32)28(36)33)20-12-5-4-11-19(20)25-27(31)35-23-14-7-6-13-22(23)34-25/h4-15H,33H2,1-3H3/t31-/m1/s1. The quantitative estimate of drug-likeness (QED) is 0.391. The van der Waals surface area contributed by atoms with E-state index in [-0.39, 0.29) is 22.7 Å². The molecule has 40 heavy (non-hydrogen) atoms. The molecule has 9 nitrogen and oxygen atoms in total. The Labute approximate surface area is 229 Å². The number of carbonyl (C=O) groups is 2. The molecule has 0 fully saturated rings. The second-order valence-electron chi connectivity index (χ2n) is 9.46. The number of ether oxygens (including phenoxy) is 2. The lowest BCUT2D eigenvalue weighted by Gasteiger charge is -2.41. The number of fused-ring (bicyclic) bond motifs is 6. The van der Waals surface area contributed by atoms with Gasteiger partial charge in [-0.05, 0) is 42.3 Å². The van der Waals surface area contributed by atoms with E-state index in [4.69, 9.17) is 25.2 Å². The Hall–Kier alpha value is -5.49. The number of hydrogen-bond acceptors (Lipinski definition) is 9. The van der Waals surface area contributed by atoms with Crippen molar-refractivity contribution in [2.24, 2.45) is 5.73 Å². The van der Waals surface area contributed by atoms with Gasteiger partial charge in [0, 0.05) is 11.3 Å². The van der Waals surface area contributed by atoms with Crippen molar-refractivity contribution in [1.82, 2.24) is 9.97 Å². The molecule has 0 unspecified atom stereocenters. The Morgan fingerprint density at radius 3 is 2.27 bits per heavy atom. The third kappa shape index (κ3) is 3.20. The predicted octanol–water partition coefficient (Wildman–Crippen LogP) is 4.02. The van der Waals surface area contributed by atoms with Crippen molar-refractivity contribution in [3.8, 4) is 17.3 Å². The highest BCUT2D eigenvalue weighted by atomic mass is 16.5. The number of carbonyl (C=O) groups excluding carboxylic acids is 2. The lowest BCUT2D eigenvalue weighted by molar-refractivity contribution is -0.140. The van der Waals surface area contributed by atoms with Crippen molar-refractivity contribution in [2.45, 2.75) is 12.3 Å². The maximum Gasteiger partial charge on any atom is 0.355 e. The zero-order valence-electron chi connectivity index (χ0n) is 21.9. The van der Waals surface area contributed by atoms with Crippen molar-refractivity contribution in [3.63, 3.8) is 0 Å². The number of aryl methyl sites for hydroxylation is 1. The second-order valence-corrected chi connectivity index (χ2v) is 9.46. The summed E-state index contributed by atoms with van der Waals surface area (Å²) in [5.41, 5.74) is 9.34. The number of aromatic nitrogens is 2. The molecular formula is C31H23N5O4. The second kappa shape index (κ2) is 9.06. The van der Waals surface area contributed by atoms with Crippen LogP contribution in [-0.2, 0) is 24.5 Å². The fourth-order valence-corrected chi connectivity index (χ4v) is 5.76. The number of para-hydroxylation sites is 2. The molecule has 0 bridgehead atoms. The van der Waals surface area contributed by atoms with Crippen molar-refractivity contribution in [1.29, 1.82) is 5.26 Å². The molecule has 0 amide bonds. The summed E-state index contributed by atoms with van der Waals surface area (Å²) in [6.45, 7) is 1.88. The van der Waals surface area contributed by atoms with E-state index in [1.54, 1.807) is 36.4 Å². The molecule has 1 atom stereocenters. The van der Waals surface area contributed by atoms with Crippen molar-refractivity contribution < 1.29 is 19.1 Å². The van der Waals surface area contributed by atoms with E-state index in [9.17, 15) is 14.9 Å². The van der Waals surface area contributed by atoms with Gasteiger partial charge < -0.3 is 15.2 Å². The van der Waals surface area contributed by atoms with Crippen LogP contribution in [0.4, 0.5) is 5.69 Å². The van der Waals surface area contributed by atoms with Gasteiger partial charge in [-0.15, -0.1) is 0 Å². The molecule has 1 aromatic heterocycles. The first-order valence-corrected chi connectivity index (χ1v) is 12.4. The molecule has 2 heterocycles. The van der Waals surface area contributed by atoms with Crippen LogP contribution in [0.15, 0.2) is 95.5 Å². The third-order valence-electron chi connectivity index (χ3n) is 7.36. The van der Waals surface area contributed by atoms with Crippen LogP contribution in [0.3, 0.4) is 0 Å². The Morgan fingerprint density at radius 1 is 0.925 bits per heavy atom. The maximum absolute atomic E-state index is 13.9. The van der Waals surface area contributed by atoms with Crippen LogP contribution < -0.4 is 10.6 Å². The van der Waals surface area contributed by atoms with Gasteiger partial charge in [-0.25, -0.2) is 19.6 Å². The van der Waals surface area contributed by atoms with E-state index in [0.717, 1.165) is 5.56 Å². The summed E-state index contributed by atoms with van der Waals surface area (Å²) < 4.78 is 10.5. The third-order valence-corrected chi connectivity index (χ3v) is 7.36. The number of esters is 2. The fraction of sp³-hybridized carbons (Fsp3) is 0.129. The lowest BCUT2D eigenvalue weighted by atomic mass is 9.66. The molecule has 3 aromatic carbocycles. The van der Waals surface area contributed by atoms with Crippen molar-refractivity contribution in [3.05, 3.63) is 112 Å². The molecule has 2 N–H and O–H groups in total. The molecule has 196 valence electrons. The first-order valence-electron chi connectivity index (χ1n) is 12.4. The summed E-state index contributed by atoms with van der Waals surface area (Å²) >= 11 is 0. The average Bonchev–Trinajstić information content (AvgIpc) is 3.24. The van der Waals surface area contributed by atoms with Crippen LogP contribution in [0.5, 0.6) is 0 Å². The Morgan fingerprint density at radius 2 is 1.60 bits per heavy atom. The minimum absolute atomic E-state index is 0.0119. The molecule has 0 saturated heterocycles. The number of nitrogens with zero attached hydrogens (tertiary/aromatic N) is 4. The number of anilines is 1. The molecule has 9 heteroatoms. The van der Waals surface area contributed by atoms with Gasteiger partial charge in [-0.2, -0.15) is 5.26 Å². The summed E-state index contributed by atoms with van der Waals surface area (Å²) in [4.78, 5) is 38.8. The van der Waals surface area contributed by atoms with Crippen LogP contribution in [0.25, 0.3) is 22.3 Å². The number of nitriles is 1. The Bertz CT molecular complexity index is 1870. The number of allylic oxidation sites excluding steroid dienone is 1. The minimum atomic E-state index is -1.70. The number of methoxy groups -OCH3 is 2. The SMILES string of the molecule is COC(=O)C1=C(C(=O)OC)[C@]2(C(C#N)=C(N)N1c1cccc(C)c1)c1ccccc1-c1nc3ccccc3nc12. The summed E-state index contributed by atoms with van der Waals surface area (Å²) in [7, 11) is 2.44. The molecule has 1 spiro atoms. The summed E-state index contributed by atoms with van der Waals surface area (Å²) in [5, 5.41) is 10.8. The smallest absolute Gasteiger partial charge is 0.355 e. The number of benzene rings is 3. The molecule has 4 aromatic rings. The zero-order chi connectivity index (χ0) is 28.2. The maximum atomic E-state index is 13.9. The molecule has 0 saturated carbocycles. The molecule has 0 radical (unpaired) electrons. The van der Waals surface area contributed by atoms with Gasteiger partial charge in [-0.3, -0.25) is 4.90 Å². The van der Waals surface area contributed by atoms with Gasteiger partial charge >= 0.3 is 11.9 Å². The average molecular weight is 530 g/mol. The number of rotatable bonds is 3. The van der Waals surface area contributed by atoms with Gasteiger partial charge in [-0.1, -0.05) is 48.5 Å². The Kier molecular flexibility index (Phi) is 5.63. The van der Waals surface area contributed by atoms with Crippen LogP contribution in [0.2, 0.25) is 0 Å². The highest BCUT2D eigenvalue weighted by Crippen LogP contribution is 2.59. The Balaban J connectivity index is 1.85. The fourth-order valence-electron chi connectivity index (χ4n) is 5.76. The van der Waals surface area contributed by atoms with Crippen LogP contribution in [0, 0.1) is 18.3 Å². The molecule has 6 rings (SSSR count). The molecule has 1 aliphatic carbocycles. The molecule has 1 aliphatic heterocycles. The lowest BCUT2D eigenvalue weighted by Crippen LogP contribution is -2.48. The van der Waals surface area contributed by atoms with Gasteiger partial charge in [0.15, 0.2) is 0 Å². The highest BCUT2D eigenvalue weighted by Gasteiger charge is 2.60. The zero-order valence-corrected chi connectivity index (χ0v) is 21.9. The topological polar surface area (TPSA) is 131 Å². The largest absolute Gasteiger partial charge is 0.466 e. The monoisotopic (exact) mass is 529 g/mol. The molecule has 2 aliphatic rings. The number of hydrogen-bond donors (Lipinski definition) is 1. The highest BCUT2D eigenvalue weighted by molar-refractivity contribution is 6.10. The number of nitrogens with two attached hydrogens (primary N) is 1. The van der Waals surface area contributed by atoms with Gasteiger partial charge in [0.2, 0.25) is 0 Å². The van der Waals surface area contributed by atoms with E-state index in [1.807, 2.05) is 43.3 Å². The first kappa shape index (κ1) is 24.8. The normalized spacial score (nSPS) is 17.5. The van der Waals surface area contributed by atoms with E-state index in [1.165, 1.54) is 19.1 Å². The van der Waals surface area contributed by atoms with E-state index in [0.29, 0.717) is 39.2 Å². The van der Waals surface area contributed by atoms with Crippen molar-refractivity contribution >= 4 is 28.7 Å². The molecular weight excluding hydrogens is 506 g/mol. The summed E-state index contributed by atoms with van der Waals surface area (Å²) in [5.74, 6) is -1.71. The van der Waals surface area contributed by atoms with Crippen molar-refractivity contribution in [2.75, 3.05) is 19.1 Å². The first-order chi connectivity index (χ1) is 19.4. The van der Waals surface area contributed by atoms with Crippen LogP contribution in [0.1, 0.15) is 16.8 Å². The van der Waals surface area contributed by atoms with Crippen LogP contribution in [-0.4, -0.2) is 36.1 Å². The minimum Gasteiger partial charge on any atom is -0.466 e. The van der Waals surface area contributed by atoms with Crippen LogP contribution >= 0.6 is 0 Å². The van der Waals surface area contributed by atoms with Gasteiger partial charge in [0.1, 0.15) is 23.0 Å². The van der Waals surface area contributed by atoms with E-state index < -0.39 is 17.4 Å². The predicted molar refractivity (Wildman–Crippen MR) is 147 cm³/mol. The van der Waals surface area contributed by atoms with E-state index >= 15 is 0 Å². The van der Waals surface area contributed by atoms with Gasteiger partial charge in [0.05, 0.1) is 47.8 Å². The van der Waals surface area contributed by atoms with E-state index in [2.05, 4.69) is 6.07 Å². The summed E-state index contributed by atoms with van der Waals surface area (Å²) in [6.07, 6.45) is 0.